The summed E-state index contributed by atoms with van der Waals surface area (Å²) in [6.07, 6.45) is 0. The van der Waals surface area contributed by atoms with Crippen molar-refractivity contribution in [1.29, 1.82) is 0 Å². The van der Waals surface area contributed by atoms with E-state index in [2.05, 4.69) is 27.6 Å². The van der Waals surface area contributed by atoms with Crippen molar-refractivity contribution in [1.82, 2.24) is 15.5 Å². The van der Waals surface area contributed by atoms with Gasteiger partial charge in [0.2, 0.25) is 5.91 Å². The van der Waals surface area contributed by atoms with Crippen molar-refractivity contribution >= 4 is 5.91 Å². The highest BCUT2D eigenvalue weighted by molar-refractivity contribution is 5.73. The highest BCUT2D eigenvalue weighted by Gasteiger charge is 2.07. The quantitative estimate of drug-likeness (QED) is 0.719. The van der Waals surface area contributed by atoms with Crippen LogP contribution in [0.4, 0.5) is 0 Å². The van der Waals surface area contributed by atoms with Gasteiger partial charge in [0, 0.05) is 6.92 Å². The summed E-state index contributed by atoms with van der Waals surface area (Å²) in [5, 5.41) is 10.4. The minimum atomic E-state index is -0.165. The van der Waals surface area contributed by atoms with Crippen molar-refractivity contribution in [3.05, 3.63) is 23.5 Å². The zero-order valence-electron chi connectivity index (χ0n) is 7.88. The SMILES string of the molecule is CC(=O)NC(C)c1c#cc(C)nn1. The molecule has 0 fully saturated rings. The van der Waals surface area contributed by atoms with Gasteiger partial charge in [0.15, 0.2) is 0 Å². The number of rotatable bonds is 2. The molecule has 68 valence electrons. The van der Waals surface area contributed by atoms with E-state index in [0.717, 1.165) is 0 Å². The van der Waals surface area contributed by atoms with Crippen molar-refractivity contribution in [2.45, 2.75) is 26.8 Å². The Morgan fingerprint density at radius 1 is 1.46 bits per heavy atom. The van der Waals surface area contributed by atoms with Crippen LogP contribution >= 0.6 is 0 Å². The molecule has 13 heavy (non-hydrogen) atoms. The van der Waals surface area contributed by atoms with Crippen LogP contribution in [0.1, 0.15) is 31.3 Å². The molecule has 0 aliphatic carbocycles. The number of carbonyl (C=O) groups excluding carboxylic acids is 1. The molecule has 0 spiro atoms. The fourth-order valence-electron chi connectivity index (χ4n) is 0.901. The van der Waals surface area contributed by atoms with E-state index in [0.29, 0.717) is 11.4 Å². The Balaban J connectivity index is 2.71. The second-order valence-corrected chi connectivity index (χ2v) is 2.84. The second kappa shape index (κ2) is 3.85. The molecule has 1 atom stereocenters. The molecule has 0 radical (unpaired) electrons. The van der Waals surface area contributed by atoms with E-state index < -0.39 is 0 Å². The van der Waals surface area contributed by atoms with E-state index in [1.54, 1.807) is 6.92 Å². The molecule has 1 heterocycles. The molecule has 4 nitrogen and oxygen atoms in total. The van der Waals surface area contributed by atoms with Crippen LogP contribution in [0.5, 0.6) is 0 Å². The number of carbonyl (C=O) groups is 1. The maximum atomic E-state index is 10.7. The first-order chi connectivity index (χ1) is 6.09. The summed E-state index contributed by atoms with van der Waals surface area (Å²) in [5.74, 6) is -0.0942. The van der Waals surface area contributed by atoms with Gasteiger partial charge in [-0.1, -0.05) is 0 Å². The number of hydrogen-bond donors (Lipinski definition) is 1. The maximum absolute atomic E-state index is 10.7. The van der Waals surface area contributed by atoms with Crippen LogP contribution in [0.2, 0.25) is 0 Å². The lowest BCUT2D eigenvalue weighted by atomic mass is 10.2. The molecule has 1 unspecified atom stereocenters. The molecular formula is C9H11N3O. The minimum absolute atomic E-state index is 0.0942. The number of amides is 1. The number of aryl methyl sites for hydroxylation is 1. The van der Waals surface area contributed by atoms with Gasteiger partial charge in [-0.15, -0.1) is 10.2 Å². The Bertz CT molecular complexity index is 294. The summed E-state index contributed by atoms with van der Waals surface area (Å²) in [4.78, 5) is 10.7. The first kappa shape index (κ1) is 9.46. The lowest BCUT2D eigenvalue weighted by Crippen LogP contribution is -2.24. The molecule has 1 amide bonds. The predicted octanol–water partition coefficient (Wildman–Crippen LogP) is 0.582. The summed E-state index contributed by atoms with van der Waals surface area (Å²) >= 11 is 0. The molecule has 1 aromatic rings. The number of nitrogens with zero attached hydrogens (tertiary/aromatic N) is 2. The predicted molar refractivity (Wildman–Crippen MR) is 46.7 cm³/mol. The van der Waals surface area contributed by atoms with Gasteiger partial charge < -0.3 is 5.32 Å². The van der Waals surface area contributed by atoms with Gasteiger partial charge in [-0.2, -0.15) is 0 Å². The van der Waals surface area contributed by atoms with Crippen LogP contribution in [0, 0.1) is 19.1 Å². The minimum Gasteiger partial charge on any atom is -0.347 e. The smallest absolute Gasteiger partial charge is 0.217 e. The fraction of sp³-hybridized carbons (Fsp3) is 0.444. The van der Waals surface area contributed by atoms with E-state index >= 15 is 0 Å². The Labute approximate surface area is 77.4 Å². The lowest BCUT2D eigenvalue weighted by molar-refractivity contribution is -0.119. The van der Waals surface area contributed by atoms with Crippen molar-refractivity contribution in [3.8, 4) is 0 Å². The third kappa shape index (κ3) is 2.71. The van der Waals surface area contributed by atoms with E-state index in [1.807, 2.05) is 6.92 Å². The van der Waals surface area contributed by atoms with E-state index in [4.69, 9.17) is 0 Å². The number of hydrogen-bond acceptors (Lipinski definition) is 3. The van der Waals surface area contributed by atoms with Gasteiger partial charge in [0.25, 0.3) is 0 Å². The Kier molecular flexibility index (Phi) is 2.80. The van der Waals surface area contributed by atoms with Gasteiger partial charge in [0.05, 0.1) is 6.04 Å². The average molecular weight is 177 g/mol. The molecule has 0 saturated heterocycles. The van der Waals surface area contributed by atoms with Crippen LogP contribution in [0.25, 0.3) is 0 Å². The van der Waals surface area contributed by atoms with Gasteiger partial charge in [-0.25, -0.2) is 0 Å². The molecule has 1 N–H and O–H groups in total. The number of aromatic nitrogens is 2. The van der Waals surface area contributed by atoms with Crippen LogP contribution in [-0.4, -0.2) is 16.1 Å². The van der Waals surface area contributed by atoms with Gasteiger partial charge in [-0.05, 0) is 26.0 Å². The highest BCUT2D eigenvalue weighted by Crippen LogP contribution is 2.03. The molecule has 4 heteroatoms. The van der Waals surface area contributed by atoms with Gasteiger partial charge >= 0.3 is 0 Å². The summed E-state index contributed by atoms with van der Waals surface area (Å²) in [7, 11) is 0. The van der Waals surface area contributed by atoms with Gasteiger partial charge in [-0.3, -0.25) is 4.79 Å². The summed E-state index contributed by atoms with van der Waals surface area (Å²) < 4.78 is 0. The van der Waals surface area contributed by atoms with Crippen molar-refractivity contribution in [3.63, 3.8) is 0 Å². The molecule has 1 rings (SSSR count). The molecule has 0 saturated carbocycles. The third-order valence-electron chi connectivity index (χ3n) is 1.51. The molecule has 0 aromatic carbocycles. The summed E-state index contributed by atoms with van der Waals surface area (Å²) in [6, 6.07) is 5.47. The normalized spacial score (nSPS) is 11.6. The second-order valence-electron chi connectivity index (χ2n) is 2.84. The van der Waals surface area contributed by atoms with E-state index in [-0.39, 0.29) is 11.9 Å². The Hall–Kier alpha value is -1.63. The van der Waals surface area contributed by atoms with Crippen LogP contribution in [0.15, 0.2) is 0 Å². The van der Waals surface area contributed by atoms with Gasteiger partial charge in [0.1, 0.15) is 11.4 Å². The van der Waals surface area contributed by atoms with Crippen LogP contribution in [-0.2, 0) is 4.79 Å². The van der Waals surface area contributed by atoms with Crippen molar-refractivity contribution < 1.29 is 4.79 Å². The molecule has 1 aromatic heterocycles. The summed E-state index contributed by atoms with van der Waals surface area (Å²) in [5.41, 5.74) is 1.29. The fourth-order valence-corrected chi connectivity index (χ4v) is 0.901. The molecule has 0 bridgehead atoms. The van der Waals surface area contributed by atoms with Crippen LogP contribution in [0.3, 0.4) is 0 Å². The molecule has 0 aliphatic rings. The Morgan fingerprint density at radius 2 is 2.15 bits per heavy atom. The Morgan fingerprint density at radius 3 is 2.62 bits per heavy atom. The van der Waals surface area contributed by atoms with E-state index in [1.165, 1.54) is 6.92 Å². The average Bonchev–Trinajstić information content (AvgIpc) is 2.04. The number of nitrogens with one attached hydrogen (secondary N) is 1. The molecular weight excluding hydrogens is 166 g/mol. The van der Waals surface area contributed by atoms with Crippen LogP contribution < -0.4 is 5.32 Å². The third-order valence-corrected chi connectivity index (χ3v) is 1.51. The standard InChI is InChI=1S/C9H11N3O/c1-6-4-5-9(12-11-6)7(2)10-8(3)13/h7H,1-3H3,(H,10,13). The lowest BCUT2D eigenvalue weighted by Gasteiger charge is -2.08. The monoisotopic (exact) mass is 177 g/mol. The summed E-state index contributed by atoms with van der Waals surface area (Å²) in [6.45, 7) is 5.07. The largest absolute Gasteiger partial charge is 0.347 e. The first-order valence-electron chi connectivity index (χ1n) is 4.01. The molecule has 0 aliphatic heterocycles. The zero-order valence-corrected chi connectivity index (χ0v) is 7.88. The van der Waals surface area contributed by atoms with Crippen molar-refractivity contribution in [2.24, 2.45) is 0 Å². The van der Waals surface area contributed by atoms with E-state index in [9.17, 15) is 4.79 Å². The van der Waals surface area contributed by atoms with Crippen molar-refractivity contribution in [2.75, 3.05) is 0 Å². The highest BCUT2D eigenvalue weighted by atomic mass is 16.1. The zero-order chi connectivity index (χ0) is 9.84. The first-order valence-corrected chi connectivity index (χ1v) is 4.01. The topological polar surface area (TPSA) is 54.9 Å². The maximum Gasteiger partial charge on any atom is 0.217 e.